The summed E-state index contributed by atoms with van der Waals surface area (Å²) in [5.74, 6) is 0. The monoisotopic (exact) mass is 544 g/mol. The maximum absolute atomic E-state index is 13.2. The molecule has 0 saturated heterocycles. The number of hydrogen-bond acceptors (Lipinski definition) is 4. The molecule has 0 N–H and O–H groups in total. The molecule has 0 aliphatic carbocycles. The molecular weight excluding hydrogens is 520 g/mol. The fourth-order valence-electron chi connectivity index (χ4n) is 3.53. The Balaban J connectivity index is 0.000000540. The van der Waals surface area contributed by atoms with Crippen molar-refractivity contribution in [1.82, 2.24) is 0 Å². The van der Waals surface area contributed by atoms with Gasteiger partial charge in [-0.1, -0.05) is 55.5 Å². The molecule has 0 spiro atoms. The van der Waals surface area contributed by atoms with Crippen molar-refractivity contribution in [3.63, 3.8) is 0 Å². The zero-order valence-electron chi connectivity index (χ0n) is 19.2. The lowest BCUT2D eigenvalue weighted by Crippen LogP contribution is -2.34. The molecule has 3 rings (SSSR count). The number of nitrogens with zero attached hydrogens (tertiary/aromatic N) is 1. The fourth-order valence-corrected chi connectivity index (χ4v) is 5.86. The highest BCUT2D eigenvalue weighted by Crippen LogP contribution is 2.45. The minimum absolute atomic E-state index is 0.777. The number of benzene rings is 3. The highest BCUT2D eigenvalue weighted by Gasteiger charge is 2.51. The number of fused-ring (bicyclic) bond motifs is 2. The van der Waals surface area contributed by atoms with Crippen molar-refractivity contribution in [2.45, 2.75) is 34.2 Å². The van der Waals surface area contributed by atoms with Crippen LogP contribution in [0.2, 0.25) is 0 Å². The summed E-state index contributed by atoms with van der Waals surface area (Å²) in [5.41, 5.74) is -11.5. The van der Waals surface area contributed by atoms with Crippen LogP contribution in [0.1, 0.15) is 13.3 Å². The number of quaternary nitrogens is 1. The van der Waals surface area contributed by atoms with Crippen molar-refractivity contribution in [3.05, 3.63) is 48.5 Å². The van der Waals surface area contributed by atoms with Crippen LogP contribution in [0.5, 0.6) is 0 Å². The van der Waals surface area contributed by atoms with E-state index in [9.17, 15) is 43.2 Å². The predicted molar refractivity (Wildman–Crippen MR) is 121 cm³/mol. The zero-order chi connectivity index (χ0) is 27.0. The smallest absolute Gasteiger partial charge is 0.331 e. The Hall–Kier alpha value is -2.38. The van der Waals surface area contributed by atoms with Gasteiger partial charge >= 0.3 is 11.0 Å². The summed E-state index contributed by atoms with van der Waals surface area (Å²) < 4.78 is 129. The molecule has 0 fully saturated rings. The van der Waals surface area contributed by atoms with E-state index in [1.54, 1.807) is 0 Å². The average molecular weight is 545 g/mol. The van der Waals surface area contributed by atoms with Gasteiger partial charge < -0.3 is 4.48 Å². The van der Waals surface area contributed by atoms with Crippen molar-refractivity contribution in [2.75, 3.05) is 27.7 Å². The fraction of sp³-hybridized carbons (Fsp3) is 0.364. The molecule has 13 heteroatoms. The van der Waals surface area contributed by atoms with Crippen LogP contribution >= 0.6 is 0 Å². The Labute approximate surface area is 199 Å². The molecule has 0 radical (unpaired) electrons. The van der Waals surface area contributed by atoms with Crippen molar-refractivity contribution >= 4 is 41.2 Å². The molecule has 0 bridgehead atoms. The molecule has 0 unspecified atom stereocenters. The molecule has 0 aliphatic rings. The first-order valence-corrected chi connectivity index (χ1v) is 13.1. The van der Waals surface area contributed by atoms with Gasteiger partial charge in [-0.2, -0.15) is 26.3 Å². The first-order valence-electron chi connectivity index (χ1n) is 10.1. The summed E-state index contributed by atoms with van der Waals surface area (Å²) in [4.78, 5) is -2.60. The molecule has 3 aromatic rings. The van der Waals surface area contributed by atoms with E-state index in [4.69, 9.17) is 0 Å². The van der Waals surface area contributed by atoms with E-state index in [1.165, 1.54) is 13.0 Å². The second kappa shape index (κ2) is 9.58. The Kier molecular flexibility index (Phi) is 7.90. The van der Waals surface area contributed by atoms with E-state index in [0.29, 0.717) is 0 Å². The minimum Gasteiger partial charge on any atom is -0.331 e. The molecule has 0 atom stereocenters. The van der Waals surface area contributed by atoms with Crippen LogP contribution in [0.15, 0.2) is 58.3 Å². The lowest BCUT2D eigenvalue weighted by molar-refractivity contribution is -0.870. The molecular formula is C22H24F6NO4S2+. The summed E-state index contributed by atoms with van der Waals surface area (Å²) in [6.07, 6.45) is 1.28. The standard InChI is InChI=1S/C16H8F6O4S2.C6H16N/c17-15(18,19)27(23,24)13-9-5-1-2-6-10(9)14(28(25,26)16(20,21)22)12-8-4-3-7-11(12)13;1-5-6-7(2,3)4/h1-8H;5-6H2,1-4H3/q;+1. The van der Waals surface area contributed by atoms with Gasteiger partial charge in [0.1, 0.15) is 0 Å². The van der Waals surface area contributed by atoms with Crippen molar-refractivity contribution in [1.29, 1.82) is 0 Å². The molecule has 0 aromatic heterocycles. The van der Waals surface area contributed by atoms with E-state index >= 15 is 0 Å². The quantitative estimate of drug-likeness (QED) is 0.241. The number of sulfone groups is 2. The average Bonchev–Trinajstić information content (AvgIpc) is 2.69. The molecule has 0 aliphatic heterocycles. The van der Waals surface area contributed by atoms with Crippen LogP contribution in [-0.2, 0) is 19.7 Å². The van der Waals surface area contributed by atoms with Gasteiger partial charge in [-0.15, -0.1) is 0 Å². The van der Waals surface area contributed by atoms with Gasteiger partial charge in [0.05, 0.1) is 37.5 Å². The maximum atomic E-state index is 13.2. The van der Waals surface area contributed by atoms with Gasteiger partial charge in [0, 0.05) is 21.5 Å². The lowest BCUT2D eigenvalue weighted by atomic mass is 10.0. The Morgan fingerprint density at radius 2 is 0.886 bits per heavy atom. The molecule has 0 heterocycles. The zero-order valence-corrected chi connectivity index (χ0v) is 20.8. The summed E-state index contributed by atoms with van der Waals surface area (Å²) >= 11 is 0. The molecule has 194 valence electrons. The Morgan fingerprint density at radius 3 is 1.03 bits per heavy atom. The normalized spacial score (nSPS) is 13.5. The van der Waals surface area contributed by atoms with E-state index in [1.807, 2.05) is 0 Å². The molecule has 35 heavy (non-hydrogen) atoms. The molecule has 0 amide bonds. The van der Waals surface area contributed by atoms with Gasteiger partial charge in [0.15, 0.2) is 0 Å². The van der Waals surface area contributed by atoms with Gasteiger partial charge in [0.2, 0.25) is 0 Å². The maximum Gasteiger partial charge on any atom is 0.501 e. The number of rotatable bonds is 4. The minimum atomic E-state index is -6.00. The highest BCUT2D eigenvalue weighted by molar-refractivity contribution is 7.93. The van der Waals surface area contributed by atoms with Crippen LogP contribution in [0.4, 0.5) is 26.3 Å². The highest BCUT2D eigenvalue weighted by atomic mass is 32.2. The van der Waals surface area contributed by atoms with E-state index in [2.05, 4.69) is 28.1 Å². The summed E-state index contributed by atoms with van der Waals surface area (Å²) in [6, 6.07) is 7.69. The van der Waals surface area contributed by atoms with Gasteiger partial charge in [-0.25, -0.2) is 16.8 Å². The topological polar surface area (TPSA) is 68.3 Å². The second-order valence-electron chi connectivity index (χ2n) is 8.66. The van der Waals surface area contributed by atoms with Crippen molar-refractivity contribution in [2.24, 2.45) is 0 Å². The van der Waals surface area contributed by atoms with E-state index in [0.717, 1.165) is 53.0 Å². The number of halogens is 6. The first-order chi connectivity index (χ1) is 15.8. The van der Waals surface area contributed by atoms with Crippen LogP contribution in [-0.4, -0.2) is 60.0 Å². The van der Waals surface area contributed by atoms with Crippen molar-refractivity contribution in [3.8, 4) is 0 Å². The summed E-state index contributed by atoms with van der Waals surface area (Å²) in [5, 5.41) is -3.11. The summed E-state index contributed by atoms with van der Waals surface area (Å²) in [7, 11) is -5.37. The third-order valence-electron chi connectivity index (χ3n) is 4.87. The van der Waals surface area contributed by atoms with Crippen molar-refractivity contribution < 1.29 is 47.7 Å². The predicted octanol–water partition coefficient (Wildman–Crippen LogP) is 5.68. The number of hydrogen-bond donors (Lipinski definition) is 0. The summed E-state index contributed by atoms with van der Waals surface area (Å²) in [6.45, 7) is 3.49. The van der Waals surface area contributed by atoms with Crippen LogP contribution in [0.3, 0.4) is 0 Å². The van der Waals surface area contributed by atoms with Crippen LogP contribution < -0.4 is 0 Å². The third-order valence-corrected chi connectivity index (χ3v) is 8.05. The third kappa shape index (κ3) is 5.72. The molecule has 0 saturated carbocycles. The second-order valence-corrected chi connectivity index (χ2v) is 12.4. The Bertz CT molecular complexity index is 1280. The SMILES string of the molecule is CCC[N+](C)(C)C.O=S(=O)(c1c2ccccc2c(S(=O)(=O)C(F)(F)F)c2ccccc12)C(F)(F)F. The van der Waals surface area contributed by atoms with Gasteiger partial charge in [-0.3, -0.25) is 0 Å². The van der Waals surface area contributed by atoms with E-state index < -0.39 is 62.0 Å². The largest absolute Gasteiger partial charge is 0.501 e. The van der Waals surface area contributed by atoms with Crippen LogP contribution in [0, 0.1) is 0 Å². The van der Waals surface area contributed by atoms with Crippen LogP contribution in [0.25, 0.3) is 21.5 Å². The van der Waals surface area contributed by atoms with Gasteiger partial charge in [-0.05, 0) is 6.42 Å². The van der Waals surface area contributed by atoms with Gasteiger partial charge in [0.25, 0.3) is 19.7 Å². The molecule has 5 nitrogen and oxygen atoms in total. The first kappa shape index (κ1) is 28.9. The lowest BCUT2D eigenvalue weighted by Gasteiger charge is -2.22. The molecule has 3 aromatic carbocycles. The Morgan fingerprint density at radius 1 is 0.629 bits per heavy atom. The van der Waals surface area contributed by atoms with E-state index in [-0.39, 0.29) is 0 Å². The number of alkyl halides is 6.